The fourth-order valence-corrected chi connectivity index (χ4v) is 3.26. The summed E-state index contributed by atoms with van der Waals surface area (Å²) in [6, 6.07) is 0.360. The van der Waals surface area contributed by atoms with Gasteiger partial charge in [-0.05, 0) is 38.5 Å². The zero-order chi connectivity index (χ0) is 9.22. The monoisotopic (exact) mass is 181 g/mol. The van der Waals surface area contributed by atoms with Crippen molar-refractivity contribution in [1.82, 2.24) is 4.90 Å². The maximum atomic E-state index is 11.5. The summed E-state index contributed by atoms with van der Waals surface area (Å²) < 4.78 is 5.36. The van der Waals surface area contributed by atoms with E-state index in [0.717, 1.165) is 18.4 Å². The molecule has 1 aliphatic carbocycles. The number of carbonyl (C=O) groups excluding carboxylic acids is 1. The molecule has 0 N–H and O–H groups in total. The van der Waals surface area contributed by atoms with E-state index in [1.807, 2.05) is 18.7 Å². The number of carbonyl (C=O) groups is 1. The van der Waals surface area contributed by atoms with Gasteiger partial charge in [-0.1, -0.05) is 0 Å². The molecule has 2 saturated heterocycles. The second-order valence-corrected chi connectivity index (χ2v) is 5.07. The van der Waals surface area contributed by atoms with E-state index in [2.05, 4.69) is 0 Å². The lowest BCUT2D eigenvalue weighted by atomic mass is 9.70. The smallest absolute Gasteiger partial charge is 0.410 e. The fraction of sp³-hybridized carbons (Fsp3) is 0.900. The molecule has 3 aliphatic rings. The van der Waals surface area contributed by atoms with E-state index in [-0.39, 0.29) is 11.7 Å². The highest BCUT2D eigenvalue weighted by Gasteiger charge is 2.60. The lowest BCUT2D eigenvalue weighted by Gasteiger charge is -2.36. The predicted molar refractivity (Wildman–Crippen MR) is 47.3 cm³/mol. The first-order chi connectivity index (χ1) is 6.09. The molecule has 0 unspecified atom stereocenters. The van der Waals surface area contributed by atoms with Gasteiger partial charge in [0.25, 0.3) is 0 Å². The number of amides is 1. The largest absolute Gasteiger partial charge is 0.441 e. The van der Waals surface area contributed by atoms with Crippen molar-refractivity contribution in [3.05, 3.63) is 0 Å². The summed E-state index contributed by atoms with van der Waals surface area (Å²) in [5.74, 6) is 1.50. The second kappa shape index (κ2) is 2.02. The van der Waals surface area contributed by atoms with E-state index in [1.165, 1.54) is 12.8 Å². The van der Waals surface area contributed by atoms with Crippen LogP contribution in [0.3, 0.4) is 0 Å². The van der Waals surface area contributed by atoms with Crippen molar-refractivity contribution in [3.8, 4) is 0 Å². The summed E-state index contributed by atoms with van der Waals surface area (Å²) in [5, 5.41) is 0. The fourth-order valence-electron chi connectivity index (χ4n) is 3.26. The number of hydrogen-bond acceptors (Lipinski definition) is 2. The molecule has 0 bridgehead atoms. The molecule has 0 spiro atoms. The molecule has 3 atom stereocenters. The average Bonchev–Trinajstić information content (AvgIpc) is 2.33. The molecule has 1 saturated carbocycles. The average molecular weight is 181 g/mol. The Morgan fingerprint density at radius 2 is 2.23 bits per heavy atom. The summed E-state index contributed by atoms with van der Waals surface area (Å²) in [6.45, 7) is 5.02. The third kappa shape index (κ3) is 0.779. The van der Waals surface area contributed by atoms with Gasteiger partial charge in [-0.25, -0.2) is 4.79 Å². The van der Waals surface area contributed by atoms with Crippen molar-refractivity contribution in [2.24, 2.45) is 11.8 Å². The molecule has 72 valence electrons. The van der Waals surface area contributed by atoms with Crippen LogP contribution in [0, 0.1) is 11.8 Å². The Labute approximate surface area is 78.0 Å². The SMILES string of the molecule is CC1(C)OC(=O)N2C[C@@H]3CC[C@@H]3[C@H]21. The number of cyclic esters (lactones) is 1. The van der Waals surface area contributed by atoms with E-state index >= 15 is 0 Å². The number of fused-ring (bicyclic) bond motifs is 3. The summed E-state index contributed by atoms with van der Waals surface area (Å²) in [5.41, 5.74) is -0.253. The van der Waals surface area contributed by atoms with Crippen molar-refractivity contribution in [2.75, 3.05) is 6.54 Å². The zero-order valence-electron chi connectivity index (χ0n) is 8.12. The molecule has 3 rings (SSSR count). The van der Waals surface area contributed by atoms with E-state index in [0.29, 0.717) is 6.04 Å². The molecule has 0 aromatic carbocycles. The van der Waals surface area contributed by atoms with Crippen LogP contribution < -0.4 is 0 Å². The minimum Gasteiger partial charge on any atom is -0.441 e. The van der Waals surface area contributed by atoms with Crippen LogP contribution in [0.2, 0.25) is 0 Å². The van der Waals surface area contributed by atoms with Gasteiger partial charge in [0.05, 0.1) is 6.04 Å². The van der Waals surface area contributed by atoms with Gasteiger partial charge >= 0.3 is 6.09 Å². The molecular formula is C10H15NO2. The van der Waals surface area contributed by atoms with E-state index in [4.69, 9.17) is 4.74 Å². The minimum absolute atomic E-state index is 0.0931. The topological polar surface area (TPSA) is 29.5 Å². The van der Waals surface area contributed by atoms with E-state index in [9.17, 15) is 4.79 Å². The van der Waals surface area contributed by atoms with Crippen molar-refractivity contribution in [2.45, 2.75) is 38.3 Å². The molecule has 0 aromatic heterocycles. The van der Waals surface area contributed by atoms with Crippen LogP contribution in [0.25, 0.3) is 0 Å². The van der Waals surface area contributed by atoms with Crippen LogP contribution in [-0.4, -0.2) is 29.2 Å². The number of rotatable bonds is 0. The maximum absolute atomic E-state index is 11.5. The van der Waals surface area contributed by atoms with Crippen LogP contribution >= 0.6 is 0 Å². The zero-order valence-corrected chi connectivity index (χ0v) is 8.12. The minimum atomic E-state index is -0.253. The highest BCUT2D eigenvalue weighted by atomic mass is 16.6. The Morgan fingerprint density at radius 3 is 2.85 bits per heavy atom. The Kier molecular flexibility index (Phi) is 1.19. The molecule has 3 nitrogen and oxygen atoms in total. The molecule has 3 fully saturated rings. The molecule has 0 radical (unpaired) electrons. The predicted octanol–water partition coefficient (Wildman–Crippen LogP) is 1.63. The lowest BCUT2D eigenvalue weighted by molar-refractivity contribution is 0.0334. The van der Waals surface area contributed by atoms with Crippen molar-refractivity contribution in [1.29, 1.82) is 0 Å². The highest BCUT2D eigenvalue weighted by molar-refractivity contribution is 5.72. The maximum Gasteiger partial charge on any atom is 0.410 e. The van der Waals surface area contributed by atoms with Crippen LogP contribution in [0.15, 0.2) is 0 Å². The van der Waals surface area contributed by atoms with Crippen LogP contribution in [0.4, 0.5) is 4.79 Å². The van der Waals surface area contributed by atoms with E-state index < -0.39 is 0 Å². The third-order valence-corrected chi connectivity index (χ3v) is 3.95. The van der Waals surface area contributed by atoms with Crippen molar-refractivity contribution in [3.63, 3.8) is 0 Å². The van der Waals surface area contributed by atoms with Gasteiger partial charge in [-0.15, -0.1) is 0 Å². The first-order valence-electron chi connectivity index (χ1n) is 5.09. The molecule has 13 heavy (non-hydrogen) atoms. The van der Waals surface area contributed by atoms with Crippen LogP contribution in [0.1, 0.15) is 26.7 Å². The lowest BCUT2D eigenvalue weighted by Crippen LogP contribution is -2.43. The van der Waals surface area contributed by atoms with Crippen molar-refractivity contribution < 1.29 is 9.53 Å². The quantitative estimate of drug-likeness (QED) is 0.568. The number of ether oxygens (including phenoxy) is 1. The molecule has 2 heterocycles. The standard InChI is InChI=1S/C10H15NO2/c1-10(2)8-7-4-3-6(7)5-11(8)9(12)13-10/h6-8H,3-5H2,1-2H3/t6-,7-,8-/m0/s1. The second-order valence-electron chi connectivity index (χ2n) is 5.07. The van der Waals surface area contributed by atoms with Gasteiger partial charge in [0.15, 0.2) is 0 Å². The number of nitrogens with zero attached hydrogens (tertiary/aromatic N) is 1. The molecule has 0 aromatic rings. The van der Waals surface area contributed by atoms with E-state index in [1.54, 1.807) is 0 Å². The summed E-state index contributed by atoms with van der Waals surface area (Å²) in [6.07, 6.45) is 2.50. The Morgan fingerprint density at radius 1 is 1.46 bits per heavy atom. The van der Waals surface area contributed by atoms with Gasteiger partial charge in [0, 0.05) is 6.54 Å². The van der Waals surface area contributed by atoms with Gasteiger partial charge in [0.2, 0.25) is 0 Å². The van der Waals surface area contributed by atoms with Crippen LogP contribution in [-0.2, 0) is 4.74 Å². The normalized spacial score (nSPS) is 45.2. The third-order valence-electron chi connectivity index (χ3n) is 3.95. The van der Waals surface area contributed by atoms with Crippen molar-refractivity contribution >= 4 is 6.09 Å². The number of hydrogen-bond donors (Lipinski definition) is 0. The summed E-state index contributed by atoms with van der Waals surface area (Å²) >= 11 is 0. The Hall–Kier alpha value is -0.730. The Bertz CT molecular complexity index is 274. The highest BCUT2D eigenvalue weighted by Crippen LogP contribution is 2.51. The summed E-state index contributed by atoms with van der Waals surface area (Å²) in [4.78, 5) is 13.4. The molecule has 1 amide bonds. The summed E-state index contributed by atoms with van der Waals surface area (Å²) in [7, 11) is 0. The van der Waals surface area contributed by atoms with Gasteiger partial charge in [-0.2, -0.15) is 0 Å². The molecular weight excluding hydrogens is 166 g/mol. The first-order valence-corrected chi connectivity index (χ1v) is 5.09. The first kappa shape index (κ1) is 7.65. The Balaban J connectivity index is 1.97. The van der Waals surface area contributed by atoms with Gasteiger partial charge < -0.3 is 9.64 Å². The van der Waals surface area contributed by atoms with Gasteiger partial charge in [-0.3, -0.25) is 0 Å². The van der Waals surface area contributed by atoms with Gasteiger partial charge in [0.1, 0.15) is 5.60 Å². The molecule has 2 aliphatic heterocycles. The van der Waals surface area contributed by atoms with Crippen LogP contribution in [0.5, 0.6) is 0 Å². The molecule has 3 heteroatoms.